The first kappa shape index (κ1) is 19.7. The fourth-order valence-electron chi connectivity index (χ4n) is 4.55. The first-order valence-electron chi connectivity index (χ1n) is 10.5. The largest absolute Gasteiger partial charge is 0.358 e. The Bertz CT molecular complexity index is 1200. The van der Waals surface area contributed by atoms with E-state index in [2.05, 4.69) is 102 Å². The number of para-hydroxylation sites is 1. The minimum atomic E-state index is 0.0705. The molecular weight excluding hydrogens is 352 g/mol. The number of H-pyrrole nitrogens is 1. The molecule has 0 spiro atoms. The highest BCUT2D eigenvalue weighted by Gasteiger charge is 2.24. The zero-order chi connectivity index (χ0) is 21.0. The summed E-state index contributed by atoms with van der Waals surface area (Å²) in [6.45, 7) is 15.9. The molecule has 0 aliphatic heterocycles. The van der Waals surface area contributed by atoms with E-state index in [0.29, 0.717) is 0 Å². The van der Waals surface area contributed by atoms with Crippen LogP contribution in [0.1, 0.15) is 69.6 Å². The molecule has 1 N–H and O–H groups in total. The van der Waals surface area contributed by atoms with E-state index in [1.165, 1.54) is 44.1 Å². The molecular formula is C27H32N2. The van der Waals surface area contributed by atoms with Crippen molar-refractivity contribution in [3.8, 4) is 0 Å². The molecule has 0 atom stereocenters. The molecule has 0 unspecified atom stereocenters. The van der Waals surface area contributed by atoms with Crippen LogP contribution >= 0.6 is 0 Å². The molecule has 29 heavy (non-hydrogen) atoms. The van der Waals surface area contributed by atoms with E-state index >= 15 is 0 Å². The van der Waals surface area contributed by atoms with Crippen LogP contribution < -0.4 is 0 Å². The third-order valence-electron chi connectivity index (χ3n) is 5.88. The van der Waals surface area contributed by atoms with Gasteiger partial charge in [0, 0.05) is 40.3 Å². The number of pyridine rings is 1. The average molecular weight is 385 g/mol. The van der Waals surface area contributed by atoms with Crippen molar-refractivity contribution >= 4 is 21.7 Å². The molecule has 0 radical (unpaired) electrons. The molecule has 0 aliphatic rings. The van der Waals surface area contributed by atoms with Crippen LogP contribution in [0.3, 0.4) is 0 Å². The maximum absolute atomic E-state index is 4.89. The summed E-state index contributed by atoms with van der Waals surface area (Å²) in [5.74, 6) is 0. The zero-order valence-electron chi connectivity index (χ0n) is 18.8. The number of nitrogens with zero attached hydrogens (tertiary/aromatic N) is 1. The summed E-state index contributed by atoms with van der Waals surface area (Å²) in [7, 11) is 0. The molecule has 0 saturated heterocycles. The van der Waals surface area contributed by atoms with Gasteiger partial charge in [-0.2, -0.15) is 0 Å². The number of fused-ring (bicyclic) bond motifs is 2. The van der Waals surface area contributed by atoms with Gasteiger partial charge >= 0.3 is 0 Å². The molecule has 2 heteroatoms. The zero-order valence-corrected chi connectivity index (χ0v) is 18.8. The van der Waals surface area contributed by atoms with Gasteiger partial charge in [-0.05, 0) is 52.0 Å². The van der Waals surface area contributed by atoms with Gasteiger partial charge in [0.05, 0.1) is 0 Å². The predicted octanol–water partition coefficient (Wildman–Crippen LogP) is 7.21. The van der Waals surface area contributed by atoms with E-state index in [1.54, 1.807) is 0 Å². The standard InChI is InChI=1S/C27H32N2/c1-17-12-13-22(26(2,3)4)21-16-28-18(14-20(17)21)15-24-25(27(5,6)7)19-10-8-9-11-23(19)29-24/h8-14,16,29H,15H2,1-7H3. The Hall–Kier alpha value is -2.61. The number of benzene rings is 2. The molecule has 0 bridgehead atoms. The van der Waals surface area contributed by atoms with Crippen molar-refractivity contribution in [3.05, 3.63) is 76.7 Å². The van der Waals surface area contributed by atoms with E-state index in [9.17, 15) is 0 Å². The third kappa shape index (κ3) is 3.57. The normalized spacial score (nSPS) is 12.8. The monoisotopic (exact) mass is 384 g/mol. The summed E-state index contributed by atoms with van der Waals surface area (Å²) in [4.78, 5) is 8.57. The van der Waals surface area contributed by atoms with Crippen LogP contribution in [-0.2, 0) is 17.3 Å². The third-order valence-corrected chi connectivity index (χ3v) is 5.88. The van der Waals surface area contributed by atoms with Crippen LogP contribution in [0.25, 0.3) is 21.7 Å². The number of aromatic amines is 1. The Morgan fingerprint density at radius 2 is 1.55 bits per heavy atom. The Morgan fingerprint density at radius 3 is 2.24 bits per heavy atom. The summed E-state index contributed by atoms with van der Waals surface area (Å²) in [5.41, 5.74) is 7.84. The lowest BCUT2D eigenvalue weighted by Gasteiger charge is -2.22. The van der Waals surface area contributed by atoms with Gasteiger partial charge < -0.3 is 4.98 Å². The molecule has 2 aromatic carbocycles. The predicted molar refractivity (Wildman–Crippen MR) is 125 cm³/mol. The van der Waals surface area contributed by atoms with Gasteiger partial charge in [0.15, 0.2) is 0 Å². The van der Waals surface area contributed by atoms with Gasteiger partial charge in [-0.1, -0.05) is 71.9 Å². The quantitative estimate of drug-likeness (QED) is 0.388. The smallest absolute Gasteiger partial charge is 0.0468 e. The molecule has 2 aromatic heterocycles. The number of hydrogen-bond donors (Lipinski definition) is 1. The second-order valence-electron chi connectivity index (χ2n) is 10.4. The summed E-state index contributed by atoms with van der Waals surface area (Å²) < 4.78 is 0. The van der Waals surface area contributed by atoms with E-state index in [4.69, 9.17) is 4.98 Å². The first-order chi connectivity index (χ1) is 13.6. The Kier molecular flexibility index (Phi) is 4.57. The molecule has 2 heterocycles. The lowest BCUT2D eigenvalue weighted by atomic mass is 9.82. The van der Waals surface area contributed by atoms with E-state index < -0.39 is 0 Å². The molecule has 0 saturated carbocycles. The summed E-state index contributed by atoms with van der Waals surface area (Å²) >= 11 is 0. The number of aromatic nitrogens is 2. The molecule has 0 fully saturated rings. The minimum absolute atomic E-state index is 0.0705. The van der Waals surface area contributed by atoms with Crippen LogP contribution in [0.4, 0.5) is 0 Å². The highest BCUT2D eigenvalue weighted by molar-refractivity contribution is 5.89. The molecule has 2 nitrogen and oxygen atoms in total. The summed E-state index contributed by atoms with van der Waals surface area (Å²) in [6, 6.07) is 15.4. The Labute approximate surface area is 174 Å². The van der Waals surface area contributed by atoms with Crippen molar-refractivity contribution < 1.29 is 0 Å². The molecule has 4 rings (SSSR count). The van der Waals surface area contributed by atoms with Crippen molar-refractivity contribution in [2.24, 2.45) is 0 Å². The SMILES string of the molecule is Cc1ccc(C(C)(C)C)c2cnc(Cc3[nH]c4ccccc4c3C(C)(C)C)cc12. The molecule has 0 aliphatic carbocycles. The van der Waals surface area contributed by atoms with Crippen molar-refractivity contribution in [3.63, 3.8) is 0 Å². The summed E-state index contributed by atoms with van der Waals surface area (Å²) in [6.07, 6.45) is 2.90. The molecule has 0 amide bonds. The highest BCUT2D eigenvalue weighted by atomic mass is 14.7. The number of hydrogen-bond acceptors (Lipinski definition) is 1. The lowest BCUT2D eigenvalue weighted by Crippen LogP contribution is -2.14. The van der Waals surface area contributed by atoms with Gasteiger partial charge in [0.25, 0.3) is 0 Å². The topological polar surface area (TPSA) is 28.7 Å². The maximum atomic E-state index is 4.89. The summed E-state index contributed by atoms with van der Waals surface area (Å²) in [5, 5.41) is 3.91. The maximum Gasteiger partial charge on any atom is 0.0468 e. The second-order valence-corrected chi connectivity index (χ2v) is 10.4. The molecule has 150 valence electrons. The van der Waals surface area contributed by atoms with Gasteiger partial charge in [0.2, 0.25) is 0 Å². The Morgan fingerprint density at radius 1 is 0.828 bits per heavy atom. The minimum Gasteiger partial charge on any atom is -0.358 e. The number of nitrogens with one attached hydrogen (secondary N) is 1. The fourth-order valence-corrected chi connectivity index (χ4v) is 4.55. The molecule has 4 aromatic rings. The van der Waals surface area contributed by atoms with Crippen LogP contribution in [0.15, 0.2) is 48.7 Å². The highest BCUT2D eigenvalue weighted by Crippen LogP contribution is 2.35. The van der Waals surface area contributed by atoms with Gasteiger partial charge in [0.1, 0.15) is 0 Å². The van der Waals surface area contributed by atoms with Crippen LogP contribution in [0.5, 0.6) is 0 Å². The van der Waals surface area contributed by atoms with Gasteiger partial charge in [-0.3, -0.25) is 4.98 Å². The fraction of sp³-hybridized carbons (Fsp3) is 0.370. The van der Waals surface area contributed by atoms with Crippen LogP contribution in [-0.4, -0.2) is 9.97 Å². The van der Waals surface area contributed by atoms with Crippen molar-refractivity contribution in [1.82, 2.24) is 9.97 Å². The Balaban J connectivity index is 1.85. The van der Waals surface area contributed by atoms with Crippen molar-refractivity contribution in [2.45, 2.75) is 65.7 Å². The van der Waals surface area contributed by atoms with E-state index in [-0.39, 0.29) is 10.8 Å². The second kappa shape index (κ2) is 6.73. The van der Waals surface area contributed by atoms with Crippen LogP contribution in [0.2, 0.25) is 0 Å². The van der Waals surface area contributed by atoms with E-state index in [1.807, 2.05) is 0 Å². The van der Waals surface area contributed by atoms with Gasteiger partial charge in [-0.15, -0.1) is 0 Å². The van der Waals surface area contributed by atoms with Crippen molar-refractivity contribution in [1.29, 1.82) is 0 Å². The van der Waals surface area contributed by atoms with E-state index in [0.717, 1.165) is 12.1 Å². The average Bonchev–Trinajstić information content (AvgIpc) is 2.99. The lowest BCUT2D eigenvalue weighted by molar-refractivity contribution is 0.588. The first-order valence-corrected chi connectivity index (χ1v) is 10.5. The van der Waals surface area contributed by atoms with Crippen LogP contribution in [0, 0.1) is 6.92 Å². The number of aryl methyl sites for hydroxylation is 1. The number of rotatable bonds is 2. The van der Waals surface area contributed by atoms with Gasteiger partial charge in [-0.25, -0.2) is 0 Å². The van der Waals surface area contributed by atoms with Crippen molar-refractivity contribution in [2.75, 3.05) is 0 Å².